The first-order chi connectivity index (χ1) is 16.8. The van der Waals surface area contributed by atoms with E-state index in [4.69, 9.17) is 4.52 Å². The number of hydrogen-bond acceptors (Lipinski definition) is 9. The normalized spacial score (nSPS) is 12.5. The largest absolute Gasteiger partial charge is 0.501 e. The summed E-state index contributed by atoms with van der Waals surface area (Å²) in [7, 11) is 1.46. The van der Waals surface area contributed by atoms with Crippen molar-refractivity contribution >= 4 is 11.6 Å². The number of hydrogen-bond donors (Lipinski definition) is 2. The topological polar surface area (TPSA) is 160 Å². The molecule has 2 N–H and O–H groups in total. The minimum Gasteiger partial charge on any atom is -0.501 e. The van der Waals surface area contributed by atoms with Crippen molar-refractivity contribution in [1.29, 1.82) is 5.26 Å². The molecule has 0 bridgehead atoms. The van der Waals surface area contributed by atoms with Crippen molar-refractivity contribution in [3.05, 3.63) is 93.5 Å². The minimum atomic E-state index is -0.804. The molecule has 0 unspecified atom stereocenters. The van der Waals surface area contributed by atoms with Crippen molar-refractivity contribution < 1.29 is 14.4 Å². The molecule has 2 atom stereocenters. The minimum absolute atomic E-state index is 0.212. The third-order valence-corrected chi connectivity index (χ3v) is 5.62. The van der Waals surface area contributed by atoms with Crippen LogP contribution in [0.4, 0.5) is 5.69 Å². The van der Waals surface area contributed by atoms with Crippen molar-refractivity contribution in [2.45, 2.75) is 25.7 Å². The van der Waals surface area contributed by atoms with Gasteiger partial charge in [-0.3, -0.25) is 24.1 Å². The first-order valence-corrected chi connectivity index (χ1v) is 10.6. The molecule has 0 aliphatic heterocycles. The number of aromatic hydroxyl groups is 1. The first kappa shape index (κ1) is 23.3. The van der Waals surface area contributed by atoms with E-state index in [1.807, 2.05) is 13.0 Å². The Bertz CT molecular complexity index is 1490. The van der Waals surface area contributed by atoms with E-state index < -0.39 is 34.7 Å². The number of amides is 1. The highest BCUT2D eigenvalue weighted by atomic mass is 16.5. The Morgan fingerprint density at radius 1 is 1.23 bits per heavy atom. The fourth-order valence-corrected chi connectivity index (χ4v) is 3.97. The van der Waals surface area contributed by atoms with Crippen LogP contribution in [-0.4, -0.2) is 35.7 Å². The molecule has 0 radical (unpaired) electrons. The van der Waals surface area contributed by atoms with Crippen LogP contribution in [0.2, 0.25) is 0 Å². The SMILES string of the molecule is Cc1cncc([C@H](c2ccccc2C#N)[C@H](C)c2nc(C(=O)Nc3cnoc3)c(O)c(=O)n2C)n1. The van der Waals surface area contributed by atoms with Gasteiger partial charge in [0, 0.05) is 31.3 Å². The fraction of sp³-hybridized carbons (Fsp3) is 0.208. The Morgan fingerprint density at radius 3 is 2.69 bits per heavy atom. The summed E-state index contributed by atoms with van der Waals surface area (Å²) in [6, 6.07) is 9.26. The Hall–Kier alpha value is -4.85. The summed E-state index contributed by atoms with van der Waals surface area (Å²) in [5, 5.41) is 26.1. The van der Waals surface area contributed by atoms with E-state index in [1.54, 1.807) is 37.5 Å². The van der Waals surface area contributed by atoms with Crippen molar-refractivity contribution in [1.82, 2.24) is 24.7 Å². The molecule has 0 fully saturated rings. The van der Waals surface area contributed by atoms with Gasteiger partial charge < -0.3 is 14.9 Å². The molecule has 1 amide bonds. The maximum Gasteiger partial charge on any atom is 0.296 e. The number of benzene rings is 1. The molecule has 4 aromatic rings. The zero-order chi connectivity index (χ0) is 25.1. The van der Waals surface area contributed by atoms with E-state index in [0.717, 1.165) is 0 Å². The molecule has 35 heavy (non-hydrogen) atoms. The van der Waals surface area contributed by atoms with Crippen molar-refractivity contribution in [2.75, 3.05) is 5.32 Å². The summed E-state index contributed by atoms with van der Waals surface area (Å²) in [6.45, 7) is 3.61. The number of nitrogens with zero attached hydrogens (tertiary/aromatic N) is 6. The second kappa shape index (κ2) is 9.56. The van der Waals surface area contributed by atoms with Gasteiger partial charge in [-0.25, -0.2) is 4.98 Å². The average molecular weight is 471 g/mol. The molecule has 4 rings (SSSR count). The van der Waals surface area contributed by atoms with Gasteiger partial charge in [0.15, 0.2) is 5.69 Å². The van der Waals surface area contributed by atoms with Gasteiger partial charge in [-0.2, -0.15) is 5.26 Å². The predicted octanol–water partition coefficient (Wildman–Crippen LogP) is 2.63. The van der Waals surface area contributed by atoms with E-state index in [-0.39, 0.29) is 11.5 Å². The molecule has 0 spiro atoms. The van der Waals surface area contributed by atoms with Crippen LogP contribution in [0.5, 0.6) is 5.75 Å². The van der Waals surface area contributed by atoms with Gasteiger partial charge in [-0.1, -0.05) is 30.3 Å². The molecule has 1 aromatic carbocycles. The van der Waals surface area contributed by atoms with E-state index in [9.17, 15) is 20.0 Å². The summed E-state index contributed by atoms with van der Waals surface area (Å²) < 4.78 is 5.88. The highest BCUT2D eigenvalue weighted by molar-refractivity contribution is 6.04. The molecule has 3 aromatic heterocycles. The van der Waals surface area contributed by atoms with Crippen LogP contribution in [0.15, 0.2) is 58.4 Å². The predicted molar refractivity (Wildman–Crippen MR) is 124 cm³/mol. The number of carbonyl (C=O) groups is 1. The highest BCUT2D eigenvalue weighted by Gasteiger charge is 2.31. The van der Waals surface area contributed by atoms with Gasteiger partial charge in [-0.15, -0.1) is 0 Å². The lowest BCUT2D eigenvalue weighted by Gasteiger charge is -2.26. The van der Waals surface area contributed by atoms with E-state index in [1.165, 1.54) is 24.1 Å². The van der Waals surface area contributed by atoms with Gasteiger partial charge in [-0.05, 0) is 18.6 Å². The summed E-state index contributed by atoms with van der Waals surface area (Å²) in [5.41, 5.74) is 1.34. The molecular weight excluding hydrogens is 450 g/mol. The van der Waals surface area contributed by atoms with E-state index in [2.05, 4.69) is 31.5 Å². The van der Waals surface area contributed by atoms with Crippen LogP contribution in [0.25, 0.3) is 0 Å². The Morgan fingerprint density at radius 2 is 2.00 bits per heavy atom. The Kier molecular flexibility index (Phi) is 6.37. The van der Waals surface area contributed by atoms with Crippen molar-refractivity contribution in [2.24, 2.45) is 7.05 Å². The van der Waals surface area contributed by atoms with Crippen LogP contribution in [0, 0.1) is 18.3 Å². The van der Waals surface area contributed by atoms with Crippen molar-refractivity contribution in [3.8, 4) is 11.8 Å². The Labute approximate surface area is 199 Å². The highest BCUT2D eigenvalue weighted by Crippen LogP contribution is 2.38. The van der Waals surface area contributed by atoms with Gasteiger partial charge in [0.2, 0.25) is 5.75 Å². The van der Waals surface area contributed by atoms with Gasteiger partial charge in [0.1, 0.15) is 17.8 Å². The molecule has 0 aliphatic carbocycles. The molecule has 11 nitrogen and oxygen atoms in total. The maximum atomic E-state index is 12.9. The summed E-state index contributed by atoms with van der Waals surface area (Å²) in [6.07, 6.45) is 5.68. The summed E-state index contributed by atoms with van der Waals surface area (Å²) >= 11 is 0. The number of anilines is 1. The smallest absolute Gasteiger partial charge is 0.296 e. The van der Waals surface area contributed by atoms with Crippen molar-refractivity contribution in [3.63, 3.8) is 0 Å². The number of aryl methyl sites for hydroxylation is 1. The zero-order valence-electron chi connectivity index (χ0n) is 19.1. The molecule has 0 saturated heterocycles. The lowest BCUT2D eigenvalue weighted by molar-refractivity contribution is 0.101. The third-order valence-electron chi connectivity index (χ3n) is 5.62. The van der Waals surface area contributed by atoms with Crippen LogP contribution >= 0.6 is 0 Å². The van der Waals surface area contributed by atoms with Gasteiger partial charge >= 0.3 is 0 Å². The lowest BCUT2D eigenvalue weighted by atomic mass is 9.82. The number of carbonyl (C=O) groups excluding carboxylic acids is 1. The molecular formula is C24H21N7O4. The first-order valence-electron chi connectivity index (χ1n) is 10.6. The second-order valence-electron chi connectivity index (χ2n) is 7.95. The third kappa shape index (κ3) is 4.49. The monoisotopic (exact) mass is 471 g/mol. The molecule has 176 valence electrons. The maximum absolute atomic E-state index is 12.9. The quantitative estimate of drug-likeness (QED) is 0.431. The fourth-order valence-electron chi connectivity index (χ4n) is 3.97. The van der Waals surface area contributed by atoms with Crippen LogP contribution in [0.1, 0.15) is 57.6 Å². The average Bonchev–Trinajstić information content (AvgIpc) is 3.36. The lowest BCUT2D eigenvalue weighted by Crippen LogP contribution is -2.29. The standard InChI is InChI=1S/C24H21N7O4/c1-13-9-26-11-18(28-13)19(17-7-5-4-6-15(17)8-25)14(2)22-30-20(21(32)24(34)31(22)3)23(33)29-16-10-27-35-12-16/h4-7,9-12,14,19,32H,1-3H3,(H,29,33)/t14-,19-/m0/s1. The number of nitrogens with one attached hydrogen (secondary N) is 1. The van der Waals surface area contributed by atoms with Gasteiger partial charge in [0.05, 0.1) is 29.2 Å². The zero-order valence-corrected chi connectivity index (χ0v) is 19.1. The molecule has 0 aliphatic rings. The van der Waals surface area contributed by atoms with E-state index >= 15 is 0 Å². The van der Waals surface area contributed by atoms with E-state index in [0.29, 0.717) is 22.5 Å². The molecule has 11 heteroatoms. The summed E-state index contributed by atoms with van der Waals surface area (Å²) in [5.74, 6) is -2.47. The number of nitriles is 1. The number of aromatic nitrogens is 5. The van der Waals surface area contributed by atoms with Crippen LogP contribution < -0.4 is 10.9 Å². The van der Waals surface area contributed by atoms with Crippen LogP contribution in [-0.2, 0) is 7.05 Å². The van der Waals surface area contributed by atoms with Crippen LogP contribution in [0.3, 0.4) is 0 Å². The Balaban J connectivity index is 1.87. The van der Waals surface area contributed by atoms with Gasteiger partial charge in [0.25, 0.3) is 11.5 Å². The summed E-state index contributed by atoms with van der Waals surface area (Å²) in [4.78, 5) is 38.9. The number of rotatable bonds is 6. The molecule has 3 heterocycles. The molecule has 0 saturated carbocycles. The second-order valence-corrected chi connectivity index (χ2v) is 7.95.